The first-order chi connectivity index (χ1) is 7.68. The molecule has 0 spiro atoms. The highest BCUT2D eigenvalue weighted by Gasteiger charge is 2.52. The maximum Gasteiger partial charge on any atom is 0.333 e. The van der Waals surface area contributed by atoms with Gasteiger partial charge in [-0.2, -0.15) is 0 Å². The molecule has 1 heterocycles. The van der Waals surface area contributed by atoms with E-state index in [0.29, 0.717) is 0 Å². The lowest BCUT2D eigenvalue weighted by Gasteiger charge is -2.24. The predicted octanol–water partition coefficient (Wildman–Crippen LogP) is 1.35. The van der Waals surface area contributed by atoms with Crippen molar-refractivity contribution in [3.05, 3.63) is 0 Å². The zero-order chi connectivity index (χ0) is 11.6. The molecular formula is C12H21NO3. The Bertz CT molecular complexity index is 257. The van der Waals surface area contributed by atoms with E-state index < -0.39 is 12.1 Å². The van der Waals surface area contributed by atoms with E-state index in [4.69, 9.17) is 9.84 Å². The molecule has 2 fully saturated rings. The third-order valence-electron chi connectivity index (χ3n) is 4.03. The van der Waals surface area contributed by atoms with Gasteiger partial charge in [-0.1, -0.05) is 0 Å². The zero-order valence-corrected chi connectivity index (χ0v) is 9.95. The molecule has 1 unspecified atom stereocenters. The first-order valence-corrected chi connectivity index (χ1v) is 6.16. The number of ether oxygens (including phenoxy) is 1. The molecule has 0 aromatic rings. The lowest BCUT2D eigenvalue weighted by Crippen LogP contribution is -2.35. The number of likely N-dealkylation sites (tertiary alicyclic amines) is 1. The van der Waals surface area contributed by atoms with Crippen molar-refractivity contribution in [2.24, 2.45) is 5.41 Å². The molecule has 4 heteroatoms. The van der Waals surface area contributed by atoms with E-state index in [1.807, 2.05) is 0 Å². The Morgan fingerprint density at radius 1 is 1.44 bits per heavy atom. The number of aliphatic carboxylic acids is 1. The summed E-state index contributed by atoms with van der Waals surface area (Å²) in [5.41, 5.74) is -0.0663. The van der Waals surface area contributed by atoms with Crippen LogP contribution in [-0.4, -0.2) is 48.8 Å². The lowest BCUT2D eigenvalue weighted by atomic mass is 9.94. The number of carboxylic acids is 1. The van der Waals surface area contributed by atoms with Crippen LogP contribution in [0.15, 0.2) is 0 Å². The minimum atomic E-state index is -0.804. The van der Waals surface area contributed by atoms with Crippen molar-refractivity contribution < 1.29 is 14.6 Å². The van der Waals surface area contributed by atoms with Crippen LogP contribution in [0.4, 0.5) is 0 Å². The summed E-state index contributed by atoms with van der Waals surface area (Å²) >= 11 is 0. The fraction of sp³-hybridized carbons (Fsp3) is 0.917. The van der Waals surface area contributed by atoms with Crippen LogP contribution in [0, 0.1) is 5.41 Å². The highest BCUT2D eigenvalue weighted by Crippen LogP contribution is 2.53. The van der Waals surface area contributed by atoms with Gasteiger partial charge in [-0.3, -0.25) is 0 Å². The summed E-state index contributed by atoms with van der Waals surface area (Å²) in [5.74, 6) is -0.804. The van der Waals surface area contributed by atoms with Crippen LogP contribution in [0.2, 0.25) is 0 Å². The second-order valence-electron chi connectivity index (χ2n) is 5.12. The van der Waals surface area contributed by atoms with Gasteiger partial charge >= 0.3 is 5.97 Å². The van der Waals surface area contributed by atoms with Crippen molar-refractivity contribution in [1.82, 2.24) is 4.90 Å². The van der Waals surface area contributed by atoms with Crippen LogP contribution in [0.5, 0.6) is 0 Å². The normalized spacial score (nSPS) is 25.6. The Labute approximate surface area is 96.6 Å². The average Bonchev–Trinajstić information content (AvgIpc) is 2.84. The fourth-order valence-corrected chi connectivity index (χ4v) is 2.80. The molecular weight excluding hydrogens is 206 g/mol. The van der Waals surface area contributed by atoms with Crippen LogP contribution in [0.1, 0.15) is 32.1 Å². The van der Waals surface area contributed by atoms with Gasteiger partial charge in [0.15, 0.2) is 6.10 Å². The van der Waals surface area contributed by atoms with Crippen LogP contribution in [0.3, 0.4) is 0 Å². The standard InChI is InChI=1S/C12H21NO3/c1-16-10(11(14)15)12(4-5-12)6-9-13-7-2-3-8-13/h10H,2-9H2,1H3,(H,14,15). The summed E-state index contributed by atoms with van der Waals surface area (Å²) in [4.78, 5) is 13.5. The molecule has 1 aliphatic heterocycles. The van der Waals surface area contributed by atoms with Crippen molar-refractivity contribution >= 4 is 5.97 Å². The number of carboxylic acid groups (broad SMARTS) is 1. The van der Waals surface area contributed by atoms with Crippen LogP contribution in [0.25, 0.3) is 0 Å². The monoisotopic (exact) mass is 227 g/mol. The predicted molar refractivity (Wildman–Crippen MR) is 60.4 cm³/mol. The largest absolute Gasteiger partial charge is 0.479 e. The molecule has 1 saturated heterocycles. The van der Waals surface area contributed by atoms with E-state index in [9.17, 15) is 4.79 Å². The Kier molecular flexibility index (Phi) is 3.50. The van der Waals surface area contributed by atoms with E-state index in [2.05, 4.69) is 4.90 Å². The summed E-state index contributed by atoms with van der Waals surface area (Å²) in [6, 6.07) is 0. The third-order valence-corrected chi connectivity index (χ3v) is 4.03. The molecule has 16 heavy (non-hydrogen) atoms. The topological polar surface area (TPSA) is 49.8 Å². The Balaban J connectivity index is 1.84. The molecule has 1 aliphatic carbocycles. The summed E-state index contributed by atoms with van der Waals surface area (Å²) in [7, 11) is 1.51. The van der Waals surface area contributed by atoms with E-state index in [0.717, 1.165) is 25.8 Å². The first-order valence-electron chi connectivity index (χ1n) is 6.16. The molecule has 1 N–H and O–H groups in total. The molecule has 1 atom stereocenters. The van der Waals surface area contributed by atoms with E-state index in [1.165, 1.54) is 33.0 Å². The second kappa shape index (κ2) is 4.72. The molecule has 0 aromatic carbocycles. The van der Waals surface area contributed by atoms with Gasteiger partial charge in [-0.15, -0.1) is 0 Å². The van der Waals surface area contributed by atoms with Gasteiger partial charge in [-0.25, -0.2) is 4.79 Å². The minimum absolute atomic E-state index is 0.0663. The molecule has 0 amide bonds. The minimum Gasteiger partial charge on any atom is -0.479 e. The Hall–Kier alpha value is -0.610. The summed E-state index contributed by atoms with van der Waals surface area (Å²) in [6.07, 6.45) is 4.96. The third kappa shape index (κ3) is 2.38. The van der Waals surface area contributed by atoms with Gasteiger partial charge in [-0.05, 0) is 51.7 Å². The van der Waals surface area contributed by atoms with E-state index in [-0.39, 0.29) is 5.41 Å². The van der Waals surface area contributed by atoms with Gasteiger partial charge in [0.25, 0.3) is 0 Å². The molecule has 0 bridgehead atoms. The molecule has 4 nitrogen and oxygen atoms in total. The molecule has 1 saturated carbocycles. The SMILES string of the molecule is COC(C(=O)O)C1(CCN2CCCC2)CC1. The maximum atomic E-state index is 11.1. The zero-order valence-electron chi connectivity index (χ0n) is 9.95. The van der Waals surface area contributed by atoms with Gasteiger partial charge < -0.3 is 14.7 Å². The summed E-state index contributed by atoms with van der Waals surface area (Å²) < 4.78 is 5.14. The van der Waals surface area contributed by atoms with Crippen molar-refractivity contribution in [1.29, 1.82) is 0 Å². The second-order valence-corrected chi connectivity index (χ2v) is 5.12. The first kappa shape index (κ1) is 11.9. The summed E-state index contributed by atoms with van der Waals surface area (Å²) in [5, 5.41) is 9.10. The molecule has 2 rings (SSSR count). The van der Waals surface area contributed by atoms with Crippen LogP contribution in [-0.2, 0) is 9.53 Å². The molecule has 0 radical (unpaired) electrons. The molecule has 2 aliphatic rings. The van der Waals surface area contributed by atoms with E-state index >= 15 is 0 Å². The van der Waals surface area contributed by atoms with Crippen LogP contribution < -0.4 is 0 Å². The maximum absolute atomic E-state index is 11.1. The lowest BCUT2D eigenvalue weighted by molar-refractivity contribution is -0.153. The fourth-order valence-electron chi connectivity index (χ4n) is 2.80. The van der Waals surface area contributed by atoms with Gasteiger partial charge in [0.05, 0.1) is 0 Å². The van der Waals surface area contributed by atoms with Crippen molar-refractivity contribution in [2.45, 2.75) is 38.2 Å². The van der Waals surface area contributed by atoms with Crippen LogP contribution >= 0.6 is 0 Å². The van der Waals surface area contributed by atoms with Gasteiger partial charge in [0.2, 0.25) is 0 Å². The highest BCUT2D eigenvalue weighted by atomic mass is 16.5. The Morgan fingerprint density at radius 3 is 2.50 bits per heavy atom. The van der Waals surface area contributed by atoms with Gasteiger partial charge in [0, 0.05) is 12.5 Å². The number of nitrogens with zero attached hydrogens (tertiary/aromatic N) is 1. The van der Waals surface area contributed by atoms with Crippen molar-refractivity contribution in [3.8, 4) is 0 Å². The number of rotatable bonds is 6. The molecule has 0 aromatic heterocycles. The number of carbonyl (C=O) groups is 1. The van der Waals surface area contributed by atoms with E-state index in [1.54, 1.807) is 0 Å². The number of methoxy groups -OCH3 is 1. The summed E-state index contributed by atoms with van der Waals surface area (Å²) in [6.45, 7) is 3.40. The Morgan fingerprint density at radius 2 is 2.06 bits per heavy atom. The van der Waals surface area contributed by atoms with Gasteiger partial charge in [0.1, 0.15) is 0 Å². The molecule has 92 valence electrons. The number of hydrogen-bond acceptors (Lipinski definition) is 3. The highest BCUT2D eigenvalue weighted by molar-refractivity contribution is 5.74. The number of hydrogen-bond donors (Lipinski definition) is 1. The smallest absolute Gasteiger partial charge is 0.333 e. The van der Waals surface area contributed by atoms with Crippen molar-refractivity contribution in [3.63, 3.8) is 0 Å². The average molecular weight is 227 g/mol. The van der Waals surface area contributed by atoms with Crippen molar-refractivity contribution in [2.75, 3.05) is 26.7 Å². The quantitative estimate of drug-likeness (QED) is 0.744.